The summed E-state index contributed by atoms with van der Waals surface area (Å²) in [6.07, 6.45) is 1.35. The predicted octanol–water partition coefficient (Wildman–Crippen LogP) is 1.53. The van der Waals surface area contributed by atoms with Crippen LogP contribution in [0.4, 0.5) is 0 Å². The van der Waals surface area contributed by atoms with Gasteiger partial charge in [0, 0.05) is 19.2 Å². The van der Waals surface area contributed by atoms with E-state index in [2.05, 4.69) is 9.68 Å². The summed E-state index contributed by atoms with van der Waals surface area (Å²) < 4.78 is 4.65. The molecule has 2 aromatic rings. The number of amides is 1. The highest BCUT2D eigenvalue weighted by Crippen LogP contribution is 2.25. The molecule has 0 fully saturated rings. The molecule has 0 radical (unpaired) electrons. The van der Waals surface area contributed by atoms with Crippen LogP contribution in [-0.4, -0.2) is 27.0 Å². The highest BCUT2D eigenvalue weighted by atomic mass is 16.5. The number of hydrogen-bond acceptors (Lipinski definition) is 4. The van der Waals surface area contributed by atoms with Gasteiger partial charge in [-0.05, 0) is 23.3 Å². The van der Waals surface area contributed by atoms with Crippen LogP contribution in [0.1, 0.15) is 32.0 Å². The average Bonchev–Trinajstić information content (AvgIpc) is 3.06. The summed E-state index contributed by atoms with van der Waals surface area (Å²) in [6, 6.07) is 6.40. The van der Waals surface area contributed by atoms with Crippen LogP contribution in [-0.2, 0) is 13.1 Å². The molecule has 1 N–H and O–H groups in total. The second-order valence-corrected chi connectivity index (χ2v) is 4.33. The first-order chi connectivity index (χ1) is 9.15. The molecule has 0 atom stereocenters. The number of aromatic carboxylic acids is 1. The van der Waals surface area contributed by atoms with E-state index in [0.717, 1.165) is 11.1 Å². The standard InChI is InChI=1S/C13H10N2O4/c16-12(11-3-4-19-14-11)15-6-9-2-1-8(13(17)18)5-10(9)7-15/h1-5H,6-7H2,(H,17,18). The van der Waals surface area contributed by atoms with Crippen molar-refractivity contribution in [1.82, 2.24) is 10.1 Å². The van der Waals surface area contributed by atoms with Gasteiger partial charge in [-0.2, -0.15) is 0 Å². The van der Waals surface area contributed by atoms with Gasteiger partial charge in [0.1, 0.15) is 6.26 Å². The molecule has 1 aromatic heterocycles. The molecule has 0 spiro atoms. The first-order valence-corrected chi connectivity index (χ1v) is 5.70. The lowest BCUT2D eigenvalue weighted by Crippen LogP contribution is -2.25. The molecule has 1 amide bonds. The van der Waals surface area contributed by atoms with Crippen LogP contribution in [0.3, 0.4) is 0 Å². The Morgan fingerprint density at radius 1 is 1.21 bits per heavy atom. The van der Waals surface area contributed by atoms with E-state index in [1.54, 1.807) is 23.1 Å². The van der Waals surface area contributed by atoms with Crippen LogP contribution in [0, 0.1) is 0 Å². The lowest BCUT2D eigenvalue weighted by Gasteiger charge is -2.12. The third-order valence-electron chi connectivity index (χ3n) is 3.12. The number of nitrogens with zero attached hydrogens (tertiary/aromatic N) is 2. The maximum absolute atomic E-state index is 12.1. The molecule has 3 rings (SSSR count). The minimum Gasteiger partial charge on any atom is -0.478 e. The number of carboxylic acids is 1. The summed E-state index contributed by atoms with van der Waals surface area (Å²) in [5.74, 6) is -1.19. The second-order valence-electron chi connectivity index (χ2n) is 4.33. The zero-order valence-corrected chi connectivity index (χ0v) is 9.87. The summed E-state index contributed by atoms with van der Waals surface area (Å²) in [4.78, 5) is 24.6. The van der Waals surface area contributed by atoms with Crippen molar-refractivity contribution < 1.29 is 19.2 Å². The summed E-state index contributed by atoms with van der Waals surface area (Å²) in [6.45, 7) is 0.850. The Balaban J connectivity index is 1.84. The summed E-state index contributed by atoms with van der Waals surface area (Å²) >= 11 is 0. The Morgan fingerprint density at radius 2 is 2.00 bits per heavy atom. The molecule has 0 bridgehead atoms. The molecule has 19 heavy (non-hydrogen) atoms. The zero-order chi connectivity index (χ0) is 13.4. The van der Waals surface area contributed by atoms with E-state index >= 15 is 0 Å². The van der Waals surface area contributed by atoms with Gasteiger partial charge in [0.15, 0.2) is 5.69 Å². The van der Waals surface area contributed by atoms with Crippen molar-refractivity contribution in [2.45, 2.75) is 13.1 Å². The third-order valence-corrected chi connectivity index (χ3v) is 3.12. The average molecular weight is 258 g/mol. The Labute approximate surface area is 108 Å². The van der Waals surface area contributed by atoms with Crippen molar-refractivity contribution >= 4 is 11.9 Å². The molecule has 0 saturated heterocycles. The van der Waals surface area contributed by atoms with Crippen molar-refractivity contribution in [3.05, 3.63) is 52.9 Å². The molecular formula is C13H10N2O4. The molecule has 6 heteroatoms. The monoisotopic (exact) mass is 258 g/mol. The molecule has 0 unspecified atom stereocenters. The van der Waals surface area contributed by atoms with Crippen molar-refractivity contribution in [3.63, 3.8) is 0 Å². The van der Waals surface area contributed by atoms with Crippen molar-refractivity contribution in [1.29, 1.82) is 0 Å². The number of carbonyl (C=O) groups is 2. The van der Waals surface area contributed by atoms with Crippen LogP contribution >= 0.6 is 0 Å². The van der Waals surface area contributed by atoms with Gasteiger partial charge in [0.05, 0.1) is 5.56 Å². The maximum Gasteiger partial charge on any atom is 0.335 e. The van der Waals surface area contributed by atoms with E-state index in [1.807, 2.05) is 0 Å². The second kappa shape index (κ2) is 4.24. The van der Waals surface area contributed by atoms with Gasteiger partial charge in [0.25, 0.3) is 5.91 Å². The van der Waals surface area contributed by atoms with Crippen molar-refractivity contribution in [3.8, 4) is 0 Å². The Morgan fingerprint density at radius 3 is 2.68 bits per heavy atom. The number of rotatable bonds is 2. The topological polar surface area (TPSA) is 83.6 Å². The third kappa shape index (κ3) is 1.97. The van der Waals surface area contributed by atoms with Gasteiger partial charge in [0.2, 0.25) is 0 Å². The Kier molecular flexibility index (Phi) is 2.56. The van der Waals surface area contributed by atoms with Gasteiger partial charge in [-0.15, -0.1) is 0 Å². The number of carbonyl (C=O) groups excluding carboxylic acids is 1. The number of carboxylic acid groups (broad SMARTS) is 1. The van der Waals surface area contributed by atoms with E-state index in [1.165, 1.54) is 12.3 Å². The van der Waals surface area contributed by atoms with Gasteiger partial charge in [-0.3, -0.25) is 4.79 Å². The lowest BCUT2D eigenvalue weighted by molar-refractivity contribution is 0.0696. The molecule has 6 nitrogen and oxygen atoms in total. The van der Waals surface area contributed by atoms with Crippen molar-refractivity contribution in [2.24, 2.45) is 0 Å². The van der Waals surface area contributed by atoms with E-state index in [0.29, 0.717) is 13.1 Å². The smallest absolute Gasteiger partial charge is 0.335 e. The number of aromatic nitrogens is 1. The Hall–Kier alpha value is -2.63. The van der Waals surface area contributed by atoms with E-state index in [4.69, 9.17) is 5.11 Å². The van der Waals surface area contributed by atoms with Gasteiger partial charge in [-0.25, -0.2) is 4.79 Å². The van der Waals surface area contributed by atoms with Crippen LogP contribution < -0.4 is 0 Å². The molecule has 0 saturated carbocycles. The molecule has 1 aliphatic heterocycles. The maximum atomic E-state index is 12.1. The Bertz CT molecular complexity index is 649. The first-order valence-electron chi connectivity index (χ1n) is 5.70. The fourth-order valence-corrected chi connectivity index (χ4v) is 2.16. The normalized spacial score (nSPS) is 13.4. The molecule has 1 aliphatic rings. The predicted molar refractivity (Wildman–Crippen MR) is 63.5 cm³/mol. The van der Waals surface area contributed by atoms with E-state index in [-0.39, 0.29) is 17.2 Å². The van der Waals surface area contributed by atoms with Crippen LogP contribution in [0.5, 0.6) is 0 Å². The largest absolute Gasteiger partial charge is 0.478 e. The minimum atomic E-state index is -0.968. The quantitative estimate of drug-likeness (QED) is 0.883. The van der Waals surface area contributed by atoms with E-state index in [9.17, 15) is 9.59 Å². The van der Waals surface area contributed by atoms with Gasteiger partial charge < -0.3 is 14.5 Å². The number of fused-ring (bicyclic) bond motifs is 1. The highest BCUT2D eigenvalue weighted by molar-refractivity contribution is 5.92. The molecular weight excluding hydrogens is 248 g/mol. The minimum absolute atomic E-state index is 0.221. The fourth-order valence-electron chi connectivity index (χ4n) is 2.16. The first kappa shape index (κ1) is 11.5. The van der Waals surface area contributed by atoms with Gasteiger partial charge in [-0.1, -0.05) is 11.2 Å². The van der Waals surface area contributed by atoms with E-state index < -0.39 is 5.97 Å². The fraction of sp³-hybridized carbons (Fsp3) is 0.154. The molecule has 0 aliphatic carbocycles. The molecule has 96 valence electrons. The van der Waals surface area contributed by atoms with Crippen LogP contribution in [0.25, 0.3) is 0 Å². The van der Waals surface area contributed by atoms with Crippen LogP contribution in [0.15, 0.2) is 35.1 Å². The van der Waals surface area contributed by atoms with Crippen LogP contribution in [0.2, 0.25) is 0 Å². The summed E-state index contributed by atoms with van der Waals surface area (Å²) in [5.41, 5.74) is 2.30. The SMILES string of the molecule is O=C(O)c1ccc2c(c1)CN(C(=O)c1ccon1)C2. The molecule has 1 aromatic carbocycles. The number of hydrogen-bond donors (Lipinski definition) is 1. The lowest BCUT2D eigenvalue weighted by atomic mass is 10.1. The number of benzene rings is 1. The van der Waals surface area contributed by atoms with Gasteiger partial charge >= 0.3 is 5.97 Å². The molecule has 2 heterocycles. The highest BCUT2D eigenvalue weighted by Gasteiger charge is 2.26. The van der Waals surface area contributed by atoms with Crippen molar-refractivity contribution in [2.75, 3.05) is 0 Å². The zero-order valence-electron chi connectivity index (χ0n) is 9.87. The summed E-state index contributed by atoms with van der Waals surface area (Å²) in [7, 11) is 0. The summed E-state index contributed by atoms with van der Waals surface area (Å²) in [5, 5.41) is 12.5.